The van der Waals surface area contributed by atoms with Gasteiger partial charge < -0.3 is 10.6 Å². The van der Waals surface area contributed by atoms with Crippen molar-refractivity contribution in [2.45, 2.75) is 26.3 Å². The number of nitrogens with one attached hydrogen (secondary N) is 2. The first-order chi connectivity index (χ1) is 10.0. The van der Waals surface area contributed by atoms with Crippen molar-refractivity contribution in [3.63, 3.8) is 0 Å². The summed E-state index contributed by atoms with van der Waals surface area (Å²) in [5.41, 5.74) is 1.55. The van der Waals surface area contributed by atoms with Crippen LogP contribution >= 0.6 is 38.9 Å². The van der Waals surface area contributed by atoms with Crippen molar-refractivity contribution < 1.29 is 4.79 Å². The summed E-state index contributed by atoms with van der Waals surface area (Å²) in [7, 11) is 0. The van der Waals surface area contributed by atoms with E-state index < -0.39 is 0 Å². The van der Waals surface area contributed by atoms with Crippen LogP contribution in [0, 0.1) is 0 Å². The lowest BCUT2D eigenvalue weighted by Crippen LogP contribution is -2.10. The van der Waals surface area contributed by atoms with Gasteiger partial charge in [-0.2, -0.15) is 0 Å². The molecule has 0 saturated heterocycles. The van der Waals surface area contributed by atoms with Gasteiger partial charge in [0.25, 0.3) is 0 Å². The van der Waals surface area contributed by atoms with Crippen molar-refractivity contribution in [3.05, 3.63) is 44.0 Å². The van der Waals surface area contributed by atoms with Gasteiger partial charge in [-0.3, -0.25) is 4.79 Å². The monoisotopic (exact) mass is 386 g/mol. The van der Waals surface area contributed by atoms with E-state index in [0.29, 0.717) is 11.4 Å². The lowest BCUT2D eigenvalue weighted by atomic mass is 10.2. The number of carbonyl (C=O) groups excluding carboxylic acids is 1. The van der Waals surface area contributed by atoms with Gasteiger partial charge in [0.15, 0.2) is 0 Å². The zero-order chi connectivity index (χ0) is 15.4. The van der Waals surface area contributed by atoms with Crippen molar-refractivity contribution in [2.75, 3.05) is 10.6 Å². The van der Waals surface area contributed by atoms with Crippen molar-refractivity contribution >= 4 is 56.1 Å². The highest BCUT2D eigenvalue weighted by Crippen LogP contribution is 2.34. The van der Waals surface area contributed by atoms with Crippen LogP contribution in [-0.4, -0.2) is 5.91 Å². The van der Waals surface area contributed by atoms with E-state index in [1.807, 2.05) is 24.4 Å². The Hall–Kier alpha value is -1.04. The van der Waals surface area contributed by atoms with Crippen LogP contribution in [0.3, 0.4) is 0 Å². The summed E-state index contributed by atoms with van der Waals surface area (Å²) in [6.07, 6.45) is 0.448. The maximum absolute atomic E-state index is 11.5. The SMILES string of the molecule is CCC(=O)Nc1ccc(Cl)c(NC(C)c2sccc2Br)c1. The normalized spacial score (nSPS) is 12.0. The second kappa shape index (κ2) is 7.29. The molecule has 21 heavy (non-hydrogen) atoms. The predicted molar refractivity (Wildman–Crippen MR) is 94.4 cm³/mol. The number of halogens is 2. The first-order valence-corrected chi connectivity index (χ1v) is 8.65. The summed E-state index contributed by atoms with van der Waals surface area (Å²) < 4.78 is 1.08. The lowest BCUT2D eigenvalue weighted by molar-refractivity contribution is -0.115. The molecule has 0 aliphatic carbocycles. The first-order valence-electron chi connectivity index (χ1n) is 6.60. The molecule has 2 N–H and O–H groups in total. The van der Waals surface area contributed by atoms with Gasteiger partial charge in [-0.15, -0.1) is 11.3 Å². The van der Waals surface area contributed by atoms with E-state index in [9.17, 15) is 4.79 Å². The van der Waals surface area contributed by atoms with E-state index >= 15 is 0 Å². The number of benzene rings is 1. The van der Waals surface area contributed by atoms with E-state index in [-0.39, 0.29) is 11.9 Å². The third-order valence-electron chi connectivity index (χ3n) is 2.98. The number of hydrogen-bond donors (Lipinski definition) is 2. The van der Waals surface area contributed by atoms with E-state index in [0.717, 1.165) is 15.8 Å². The summed E-state index contributed by atoms with van der Waals surface area (Å²) in [5.74, 6) is -0.0164. The van der Waals surface area contributed by atoms with Gasteiger partial charge in [0, 0.05) is 21.5 Å². The van der Waals surface area contributed by atoms with Crippen LogP contribution in [0.2, 0.25) is 5.02 Å². The molecule has 0 saturated carbocycles. The van der Waals surface area contributed by atoms with Gasteiger partial charge in [-0.05, 0) is 52.5 Å². The fraction of sp³-hybridized carbons (Fsp3) is 0.267. The van der Waals surface area contributed by atoms with Crippen LogP contribution < -0.4 is 10.6 Å². The van der Waals surface area contributed by atoms with Gasteiger partial charge in [-0.25, -0.2) is 0 Å². The van der Waals surface area contributed by atoms with E-state index in [4.69, 9.17) is 11.6 Å². The van der Waals surface area contributed by atoms with Gasteiger partial charge in [-0.1, -0.05) is 18.5 Å². The summed E-state index contributed by atoms with van der Waals surface area (Å²) in [6, 6.07) is 7.58. The van der Waals surface area contributed by atoms with Crippen LogP contribution in [0.25, 0.3) is 0 Å². The number of anilines is 2. The molecule has 2 aromatic rings. The number of amides is 1. The van der Waals surface area contributed by atoms with Crippen molar-refractivity contribution in [1.82, 2.24) is 0 Å². The van der Waals surface area contributed by atoms with E-state index in [2.05, 4.69) is 33.5 Å². The maximum Gasteiger partial charge on any atom is 0.224 e. The Morgan fingerprint density at radius 2 is 2.19 bits per heavy atom. The molecule has 1 unspecified atom stereocenters. The molecule has 2 rings (SSSR count). The van der Waals surface area contributed by atoms with Crippen LogP contribution in [-0.2, 0) is 4.79 Å². The molecule has 1 heterocycles. The maximum atomic E-state index is 11.5. The van der Waals surface area contributed by atoms with Crippen LogP contribution in [0.4, 0.5) is 11.4 Å². The molecule has 1 amide bonds. The van der Waals surface area contributed by atoms with Gasteiger partial charge in [0.05, 0.1) is 16.8 Å². The van der Waals surface area contributed by atoms with Crippen molar-refractivity contribution in [1.29, 1.82) is 0 Å². The van der Waals surface area contributed by atoms with Gasteiger partial charge in [0.2, 0.25) is 5.91 Å². The van der Waals surface area contributed by atoms with E-state index in [1.54, 1.807) is 23.5 Å². The topological polar surface area (TPSA) is 41.1 Å². The minimum Gasteiger partial charge on any atom is -0.376 e. The Morgan fingerprint density at radius 1 is 1.43 bits per heavy atom. The van der Waals surface area contributed by atoms with Crippen LogP contribution in [0.5, 0.6) is 0 Å². The number of hydrogen-bond acceptors (Lipinski definition) is 3. The minimum absolute atomic E-state index is 0.0164. The highest BCUT2D eigenvalue weighted by atomic mass is 79.9. The molecule has 0 aliphatic heterocycles. The third kappa shape index (κ3) is 4.22. The summed E-state index contributed by atoms with van der Waals surface area (Å²) in [4.78, 5) is 12.7. The second-order valence-corrected chi connectivity index (χ2v) is 6.80. The molecular weight excluding hydrogens is 372 g/mol. The Balaban J connectivity index is 2.17. The molecule has 3 nitrogen and oxygen atoms in total. The Labute approximate surface area is 141 Å². The fourth-order valence-electron chi connectivity index (χ4n) is 1.88. The van der Waals surface area contributed by atoms with Crippen molar-refractivity contribution in [3.8, 4) is 0 Å². The molecule has 1 atom stereocenters. The highest BCUT2D eigenvalue weighted by Gasteiger charge is 2.13. The summed E-state index contributed by atoms with van der Waals surface area (Å²) in [5, 5.41) is 8.88. The average Bonchev–Trinajstić information content (AvgIpc) is 2.88. The van der Waals surface area contributed by atoms with Gasteiger partial charge >= 0.3 is 0 Å². The molecular formula is C15H16BrClN2OS. The highest BCUT2D eigenvalue weighted by molar-refractivity contribution is 9.10. The molecule has 112 valence electrons. The standard InChI is InChI=1S/C15H16BrClN2OS/c1-3-14(20)19-10-4-5-12(17)13(8-10)18-9(2)15-11(16)6-7-21-15/h4-9,18H,3H2,1-2H3,(H,19,20). The average molecular weight is 388 g/mol. The number of thiophene rings is 1. The lowest BCUT2D eigenvalue weighted by Gasteiger charge is -2.17. The Kier molecular flexibility index (Phi) is 5.67. The summed E-state index contributed by atoms with van der Waals surface area (Å²) >= 11 is 11.4. The zero-order valence-electron chi connectivity index (χ0n) is 11.7. The zero-order valence-corrected chi connectivity index (χ0v) is 14.9. The largest absolute Gasteiger partial charge is 0.376 e. The molecule has 6 heteroatoms. The minimum atomic E-state index is -0.0164. The molecule has 0 radical (unpaired) electrons. The van der Waals surface area contributed by atoms with Crippen LogP contribution in [0.1, 0.15) is 31.2 Å². The van der Waals surface area contributed by atoms with Gasteiger partial charge in [0.1, 0.15) is 0 Å². The molecule has 0 bridgehead atoms. The molecule has 0 spiro atoms. The number of carbonyl (C=O) groups is 1. The fourth-order valence-corrected chi connectivity index (χ4v) is 3.77. The molecule has 1 aromatic heterocycles. The Morgan fingerprint density at radius 3 is 2.81 bits per heavy atom. The quantitative estimate of drug-likeness (QED) is 0.692. The second-order valence-electron chi connectivity index (χ2n) is 4.60. The van der Waals surface area contributed by atoms with Crippen molar-refractivity contribution in [2.24, 2.45) is 0 Å². The molecule has 0 fully saturated rings. The molecule has 1 aromatic carbocycles. The first kappa shape index (κ1) is 16.3. The van der Waals surface area contributed by atoms with E-state index in [1.165, 1.54) is 4.88 Å². The predicted octanol–water partition coefficient (Wildman–Crippen LogP) is 5.69. The molecule has 0 aliphatic rings. The summed E-state index contributed by atoms with van der Waals surface area (Å²) in [6.45, 7) is 3.89. The number of rotatable bonds is 5. The smallest absolute Gasteiger partial charge is 0.224 e. The van der Waals surface area contributed by atoms with Crippen LogP contribution in [0.15, 0.2) is 34.1 Å². The third-order valence-corrected chi connectivity index (χ3v) is 5.36. The Bertz CT molecular complexity index is 644.